The topological polar surface area (TPSA) is 61.6 Å². The average molecular weight is 284 g/mol. The molecule has 1 aliphatic heterocycles. The molecule has 1 heterocycles. The maximum Gasteiger partial charge on any atom is 0.237 e. The van der Waals surface area contributed by atoms with Crippen LogP contribution in [0.3, 0.4) is 0 Å². The minimum Gasteiger partial charge on any atom is -0.368 e. The van der Waals surface area contributed by atoms with Gasteiger partial charge in [-0.1, -0.05) is 6.92 Å². The summed E-state index contributed by atoms with van der Waals surface area (Å²) in [5.41, 5.74) is 4.89. The number of carbonyl (C=O) groups excluding carboxylic acids is 1. The summed E-state index contributed by atoms with van der Waals surface area (Å²) >= 11 is 0. The molecular formula is C15H32N4O. The number of rotatable bonds is 7. The quantitative estimate of drug-likeness (QED) is 0.720. The van der Waals surface area contributed by atoms with E-state index in [1.807, 2.05) is 6.92 Å². The number of primary amides is 1. The summed E-state index contributed by atoms with van der Waals surface area (Å²) in [6, 6.07) is 1.03. The number of likely N-dealkylation sites (N-methyl/N-ethyl adjacent to an activating group) is 1. The first-order chi connectivity index (χ1) is 9.34. The Morgan fingerprint density at radius 2 is 1.65 bits per heavy atom. The monoisotopic (exact) mass is 284 g/mol. The van der Waals surface area contributed by atoms with E-state index in [2.05, 4.69) is 35.9 Å². The van der Waals surface area contributed by atoms with E-state index >= 15 is 0 Å². The number of hydrogen-bond acceptors (Lipinski definition) is 4. The van der Waals surface area contributed by atoms with E-state index in [4.69, 9.17) is 5.73 Å². The Bertz CT molecular complexity index is 315. The van der Waals surface area contributed by atoms with E-state index in [9.17, 15) is 4.79 Å². The fourth-order valence-corrected chi connectivity index (χ4v) is 2.92. The van der Waals surface area contributed by atoms with Crippen molar-refractivity contribution in [3.8, 4) is 0 Å². The Morgan fingerprint density at radius 1 is 1.20 bits per heavy atom. The SMILES string of the molecule is CCC(C)N1CCN(C(C)CC(C)(NC)C(N)=O)CC1. The molecule has 5 heteroatoms. The van der Waals surface area contributed by atoms with Crippen molar-refractivity contribution >= 4 is 5.91 Å². The van der Waals surface area contributed by atoms with Gasteiger partial charge in [0, 0.05) is 38.3 Å². The van der Waals surface area contributed by atoms with E-state index in [-0.39, 0.29) is 5.91 Å². The van der Waals surface area contributed by atoms with Gasteiger partial charge < -0.3 is 11.1 Å². The fourth-order valence-electron chi connectivity index (χ4n) is 2.92. The molecule has 1 amide bonds. The van der Waals surface area contributed by atoms with Gasteiger partial charge in [0.2, 0.25) is 5.91 Å². The minimum atomic E-state index is -0.618. The van der Waals surface area contributed by atoms with Crippen molar-refractivity contribution in [3.63, 3.8) is 0 Å². The molecule has 0 spiro atoms. The highest BCUT2D eigenvalue weighted by Gasteiger charge is 2.33. The van der Waals surface area contributed by atoms with Crippen LogP contribution < -0.4 is 11.1 Å². The van der Waals surface area contributed by atoms with Crippen molar-refractivity contribution in [3.05, 3.63) is 0 Å². The molecule has 20 heavy (non-hydrogen) atoms. The van der Waals surface area contributed by atoms with Gasteiger partial charge in [-0.05, 0) is 40.7 Å². The van der Waals surface area contributed by atoms with E-state index in [0.717, 1.165) is 32.6 Å². The van der Waals surface area contributed by atoms with Crippen molar-refractivity contribution in [2.45, 2.75) is 58.2 Å². The van der Waals surface area contributed by atoms with Gasteiger partial charge in [0.05, 0.1) is 5.54 Å². The lowest BCUT2D eigenvalue weighted by Crippen LogP contribution is -2.57. The lowest BCUT2D eigenvalue weighted by molar-refractivity contribution is -0.124. The molecule has 0 bridgehead atoms. The zero-order valence-electron chi connectivity index (χ0n) is 13.8. The molecule has 3 N–H and O–H groups in total. The predicted octanol–water partition coefficient (Wildman–Crippen LogP) is 0.645. The van der Waals surface area contributed by atoms with E-state index in [0.29, 0.717) is 12.1 Å². The summed E-state index contributed by atoms with van der Waals surface area (Å²) in [5, 5.41) is 3.07. The lowest BCUT2D eigenvalue weighted by atomic mass is 9.92. The van der Waals surface area contributed by atoms with Crippen molar-refractivity contribution in [2.24, 2.45) is 5.73 Å². The summed E-state index contributed by atoms with van der Waals surface area (Å²) in [7, 11) is 1.80. The number of carbonyl (C=O) groups is 1. The number of nitrogens with one attached hydrogen (secondary N) is 1. The van der Waals surface area contributed by atoms with Crippen molar-refractivity contribution in [1.82, 2.24) is 15.1 Å². The molecule has 5 nitrogen and oxygen atoms in total. The zero-order valence-corrected chi connectivity index (χ0v) is 13.8. The number of nitrogens with two attached hydrogens (primary N) is 1. The van der Waals surface area contributed by atoms with Gasteiger partial charge >= 0.3 is 0 Å². The van der Waals surface area contributed by atoms with Crippen molar-refractivity contribution in [2.75, 3.05) is 33.2 Å². The van der Waals surface area contributed by atoms with Crippen LogP contribution >= 0.6 is 0 Å². The Morgan fingerprint density at radius 3 is 2.00 bits per heavy atom. The van der Waals surface area contributed by atoms with Crippen LogP contribution in [0.5, 0.6) is 0 Å². The molecule has 1 fully saturated rings. The number of hydrogen-bond donors (Lipinski definition) is 2. The second kappa shape index (κ2) is 7.38. The molecule has 0 saturated carbocycles. The Kier molecular flexibility index (Phi) is 6.43. The lowest BCUT2D eigenvalue weighted by Gasteiger charge is -2.42. The van der Waals surface area contributed by atoms with E-state index in [1.165, 1.54) is 6.42 Å². The normalized spacial score (nSPS) is 24.1. The van der Waals surface area contributed by atoms with Crippen LogP contribution in [0.15, 0.2) is 0 Å². The third kappa shape index (κ3) is 4.17. The smallest absolute Gasteiger partial charge is 0.237 e. The van der Waals surface area contributed by atoms with Gasteiger partial charge in [-0.25, -0.2) is 0 Å². The first kappa shape index (κ1) is 17.4. The number of nitrogens with zero attached hydrogens (tertiary/aromatic N) is 2. The largest absolute Gasteiger partial charge is 0.368 e. The summed E-state index contributed by atoms with van der Waals surface area (Å²) in [6.45, 7) is 13.0. The number of amides is 1. The number of piperazine rings is 1. The highest BCUT2D eigenvalue weighted by atomic mass is 16.1. The average Bonchev–Trinajstić information content (AvgIpc) is 2.46. The first-order valence-corrected chi connectivity index (χ1v) is 7.81. The van der Waals surface area contributed by atoms with Gasteiger partial charge in [-0.2, -0.15) is 0 Å². The molecule has 0 aromatic carbocycles. The van der Waals surface area contributed by atoms with E-state index in [1.54, 1.807) is 7.05 Å². The Labute approximate surface area is 123 Å². The molecule has 1 rings (SSSR count). The third-order valence-electron chi connectivity index (χ3n) is 4.99. The predicted molar refractivity (Wildman–Crippen MR) is 83.6 cm³/mol. The molecule has 0 aromatic rings. The summed E-state index contributed by atoms with van der Waals surface area (Å²) < 4.78 is 0. The summed E-state index contributed by atoms with van der Waals surface area (Å²) in [5.74, 6) is -0.273. The molecule has 1 aliphatic rings. The van der Waals surface area contributed by atoms with Gasteiger partial charge in [0.25, 0.3) is 0 Å². The molecular weight excluding hydrogens is 252 g/mol. The van der Waals surface area contributed by atoms with Gasteiger partial charge in [-0.3, -0.25) is 14.6 Å². The van der Waals surface area contributed by atoms with Crippen LogP contribution in [-0.2, 0) is 4.79 Å². The third-order valence-corrected chi connectivity index (χ3v) is 4.99. The standard InChI is InChI=1S/C15H32N4O/c1-6-12(2)18-7-9-19(10-8-18)13(3)11-15(4,17-5)14(16)20/h12-13,17H,6-11H2,1-5H3,(H2,16,20). The van der Waals surface area contributed by atoms with Crippen LogP contribution in [0, 0.1) is 0 Å². The molecule has 3 atom stereocenters. The molecule has 0 radical (unpaired) electrons. The first-order valence-electron chi connectivity index (χ1n) is 7.81. The molecule has 118 valence electrons. The zero-order chi connectivity index (χ0) is 15.3. The van der Waals surface area contributed by atoms with Gasteiger partial charge in [0.1, 0.15) is 0 Å². The van der Waals surface area contributed by atoms with E-state index < -0.39 is 5.54 Å². The van der Waals surface area contributed by atoms with Crippen molar-refractivity contribution in [1.29, 1.82) is 0 Å². The van der Waals surface area contributed by atoms with Crippen LogP contribution in [0.1, 0.15) is 40.5 Å². The summed E-state index contributed by atoms with van der Waals surface area (Å²) in [4.78, 5) is 16.6. The second-order valence-corrected chi connectivity index (χ2v) is 6.33. The van der Waals surface area contributed by atoms with Crippen molar-refractivity contribution < 1.29 is 4.79 Å². The summed E-state index contributed by atoms with van der Waals surface area (Å²) in [6.07, 6.45) is 1.96. The Hall–Kier alpha value is -0.650. The van der Waals surface area contributed by atoms with Gasteiger partial charge in [-0.15, -0.1) is 0 Å². The second-order valence-electron chi connectivity index (χ2n) is 6.33. The maximum atomic E-state index is 11.6. The Balaban J connectivity index is 2.50. The molecule has 0 aromatic heterocycles. The maximum absolute atomic E-state index is 11.6. The molecule has 3 unspecified atom stereocenters. The highest BCUT2D eigenvalue weighted by molar-refractivity contribution is 5.84. The molecule has 0 aliphatic carbocycles. The fraction of sp³-hybridized carbons (Fsp3) is 0.933. The molecule has 1 saturated heterocycles. The van der Waals surface area contributed by atoms with Crippen LogP contribution in [0.2, 0.25) is 0 Å². The van der Waals surface area contributed by atoms with Crippen LogP contribution in [0.25, 0.3) is 0 Å². The highest BCUT2D eigenvalue weighted by Crippen LogP contribution is 2.18. The van der Waals surface area contributed by atoms with Crippen LogP contribution in [-0.4, -0.2) is 66.6 Å². The minimum absolute atomic E-state index is 0.273. The van der Waals surface area contributed by atoms with Gasteiger partial charge in [0.15, 0.2) is 0 Å². The van der Waals surface area contributed by atoms with Crippen LogP contribution in [0.4, 0.5) is 0 Å².